The number of anilines is 2. The van der Waals surface area contributed by atoms with E-state index in [0.29, 0.717) is 0 Å². The fourth-order valence-electron chi connectivity index (χ4n) is 1.06. The minimum absolute atomic E-state index is 0.109. The molecule has 1 aromatic heterocycles. The molecule has 1 heterocycles. The van der Waals surface area contributed by atoms with E-state index in [1.165, 1.54) is 0 Å². The lowest BCUT2D eigenvalue weighted by atomic mass is 10.3. The van der Waals surface area contributed by atoms with E-state index in [0.717, 1.165) is 11.5 Å². The van der Waals surface area contributed by atoms with Gasteiger partial charge < -0.3 is 20.9 Å². The van der Waals surface area contributed by atoms with E-state index in [-0.39, 0.29) is 22.7 Å². The first-order chi connectivity index (χ1) is 8.21. The van der Waals surface area contributed by atoms with E-state index in [2.05, 4.69) is 9.69 Å². The molecule has 0 aliphatic carbocycles. The largest absolute Gasteiger partial charge is 0.484 e. The van der Waals surface area contributed by atoms with Crippen LogP contribution in [0.1, 0.15) is 13.8 Å². The van der Waals surface area contributed by atoms with Gasteiger partial charge in [-0.3, -0.25) is 0 Å². The van der Waals surface area contributed by atoms with Crippen LogP contribution in [-0.4, -0.2) is 34.4 Å². The number of aliphatic hydroxyl groups is 1. The van der Waals surface area contributed by atoms with Gasteiger partial charge >= 0.3 is 6.18 Å². The molecular weight excluding hydrogens is 271 g/mol. The van der Waals surface area contributed by atoms with Crippen LogP contribution in [-0.2, 0) is 0 Å². The Morgan fingerprint density at radius 3 is 2.61 bits per heavy atom. The molecule has 0 fully saturated rings. The number of nitrogen functional groups attached to an aromatic ring is 1. The lowest BCUT2D eigenvalue weighted by Gasteiger charge is -2.16. The average Bonchev–Trinajstić information content (AvgIpc) is 2.55. The van der Waals surface area contributed by atoms with Gasteiger partial charge in [-0.2, -0.15) is 17.5 Å². The number of alkyl halides is 3. The van der Waals surface area contributed by atoms with Crippen LogP contribution >= 0.6 is 11.5 Å². The van der Waals surface area contributed by atoms with Gasteiger partial charge in [-0.1, -0.05) is 0 Å². The first-order valence-electron chi connectivity index (χ1n) is 5.12. The van der Waals surface area contributed by atoms with Gasteiger partial charge in [-0.05, 0) is 25.4 Å². The summed E-state index contributed by atoms with van der Waals surface area (Å²) in [6.45, 7) is 2.83. The van der Waals surface area contributed by atoms with Crippen LogP contribution in [0.3, 0.4) is 0 Å². The number of hydrogen-bond donors (Lipinski definition) is 3. The predicted molar refractivity (Wildman–Crippen MR) is 62.8 cm³/mol. The number of aromatic nitrogens is 1. The molecule has 0 aliphatic rings. The molecule has 0 saturated carbocycles. The molecule has 0 bridgehead atoms. The van der Waals surface area contributed by atoms with E-state index in [4.69, 9.17) is 15.6 Å². The zero-order chi connectivity index (χ0) is 13.9. The van der Waals surface area contributed by atoms with Gasteiger partial charge in [0, 0.05) is 0 Å². The van der Waals surface area contributed by atoms with Crippen molar-refractivity contribution in [2.45, 2.75) is 32.2 Å². The van der Waals surface area contributed by atoms with E-state index < -0.39 is 18.8 Å². The third-order valence-corrected chi connectivity index (χ3v) is 2.66. The molecule has 0 spiro atoms. The van der Waals surface area contributed by atoms with Gasteiger partial charge in [0.15, 0.2) is 22.7 Å². The fraction of sp³-hybridized carbons (Fsp3) is 0.667. The third kappa shape index (κ3) is 3.91. The smallest absolute Gasteiger partial charge is 0.416 e. The van der Waals surface area contributed by atoms with Crippen molar-refractivity contribution >= 4 is 22.4 Å². The van der Waals surface area contributed by atoms with E-state index in [1.807, 2.05) is 0 Å². The zero-order valence-electron chi connectivity index (χ0n) is 9.78. The number of rotatable bonds is 5. The van der Waals surface area contributed by atoms with Crippen LogP contribution in [0.2, 0.25) is 0 Å². The van der Waals surface area contributed by atoms with Crippen molar-refractivity contribution in [2.24, 2.45) is 0 Å². The summed E-state index contributed by atoms with van der Waals surface area (Å²) in [4.78, 5) is 0. The topological polar surface area (TPSA) is 80.4 Å². The Labute approximate surface area is 106 Å². The molecule has 0 saturated heterocycles. The highest BCUT2D eigenvalue weighted by molar-refractivity contribution is 7.11. The Hall–Kier alpha value is -1.22. The van der Waals surface area contributed by atoms with E-state index in [9.17, 15) is 13.2 Å². The second kappa shape index (κ2) is 5.61. The van der Waals surface area contributed by atoms with Crippen molar-refractivity contribution in [3.63, 3.8) is 0 Å². The van der Waals surface area contributed by atoms with Crippen molar-refractivity contribution in [3.05, 3.63) is 0 Å². The predicted octanol–water partition coefficient (Wildman–Crippen LogP) is 1.85. The Morgan fingerprint density at radius 1 is 1.50 bits per heavy atom. The number of halogens is 3. The summed E-state index contributed by atoms with van der Waals surface area (Å²) in [7, 11) is 0. The molecule has 1 unspecified atom stereocenters. The lowest BCUT2D eigenvalue weighted by Crippen LogP contribution is -2.34. The summed E-state index contributed by atoms with van der Waals surface area (Å²) in [6.07, 6.45) is -7.30. The van der Waals surface area contributed by atoms with Crippen LogP contribution < -0.4 is 15.8 Å². The highest BCUT2D eigenvalue weighted by Gasteiger charge is 2.38. The molecule has 0 amide bonds. The van der Waals surface area contributed by atoms with Gasteiger partial charge in [0.2, 0.25) is 0 Å². The summed E-state index contributed by atoms with van der Waals surface area (Å²) in [6, 6.07) is 0. The number of aliphatic hydroxyl groups excluding tert-OH is 1. The summed E-state index contributed by atoms with van der Waals surface area (Å²) >= 11 is 0.881. The molecule has 5 nitrogen and oxygen atoms in total. The standard InChI is InChI=1S/C9H14F3N3O2S/c1-4(2)17-6-7(13)15-18-8(6)14-3-5(16)9(10,11)12/h4-5,14,16H,3H2,1-2H3,(H2,13,15). The number of nitrogens with one attached hydrogen (secondary N) is 1. The molecule has 9 heteroatoms. The lowest BCUT2D eigenvalue weighted by molar-refractivity contribution is -0.198. The van der Waals surface area contributed by atoms with Gasteiger partial charge in [0.05, 0.1) is 12.6 Å². The minimum atomic E-state index is -4.66. The first kappa shape index (κ1) is 14.8. The summed E-state index contributed by atoms with van der Waals surface area (Å²) in [5, 5.41) is 11.5. The van der Waals surface area contributed by atoms with Crippen LogP contribution in [0, 0.1) is 0 Å². The van der Waals surface area contributed by atoms with Gasteiger partial charge in [-0.25, -0.2) is 0 Å². The maximum Gasteiger partial charge on any atom is 0.416 e. The highest BCUT2D eigenvalue weighted by atomic mass is 32.1. The molecule has 0 aromatic carbocycles. The molecule has 4 N–H and O–H groups in total. The maximum atomic E-state index is 12.1. The van der Waals surface area contributed by atoms with E-state index >= 15 is 0 Å². The Kier molecular flexibility index (Phi) is 4.63. The van der Waals surface area contributed by atoms with Gasteiger partial charge in [0.25, 0.3) is 0 Å². The maximum absolute atomic E-state index is 12.1. The molecular formula is C9H14F3N3O2S. The van der Waals surface area contributed by atoms with Gasteiger partial charge in [0.1, 0.15) is 0 Å². The number of ether oxygens (including phenoxy) is 1. The monoisotopic (exact) mass is 285 g/mol. The Morgan fingerprint density at radius 2 is 2.11 bits per heavy atom. The molecule has 18 heavy (non-hydrogen) atoms. The van der Waals surface area contributed by atoms with Crippen molar-refractivity contribution < 1.29 is 23.0 Å². The molecule has 1 aromatic rings. The second-order valence-electron chi connectivity index (χ2n) is 3.83. The second-order valence-corrected chi connectivity index (χ2v) is 4.60. The normalized spacial score (nSPS) is 13.7. The Bertz CT molecular complexity index is 395. The number of nitrogens with two attached hydrogens (primary N) is 1. The SMILES string of the molecule is CC(C)Oc1c(N)nsc1NCC(O)C(F)(F)F. The molecule has 1 rings (SSSR count). The number of nitrogens with zero attached hydrogens (tertiary/aromatic N) is 1. The van der Waals surface area contributed by atoms with Crippen LogP contribution in [0.5, 0.6) is 5.75 Å². The first-order valence-corrected chi connectivity index (χ1v) is 5.89. The average molecular weight is 285 g/mol. The summed E-state index contributed by atoms with van der Waals surface area (Å²) in [5.41, 5.74) is 5.53. The fourth-order valence-corrected chi connectivity index (χ4v) is 1.72. The van der Waals surface area contributed by atoms with Gasteiger partial charge in [-0.15, -0.1) is 0 Å². The van der Waals surface area contributed by atoms with Crippen molar-refractivity contribution in [1.29, 1.82) is 0 Å². The quantitative estimate of drug-likeness (QED) is 0.769. The molecule has 1 atom stereocenters. The van der Waals surface area contributed by atoms with E-state index in [1.54, 1.807) is 13.8 Å². The third-order valence-electron chi connectivity index (χ3n) is 1.86. The Balaban J connectivity index is 2.68. The molecule has 0 aliphatic heterocycles. The molecule has 0 radical (unpaired) electrons. The van der Waals surface area contributed by atoms with Crippen molar-refractivity contribution in [3.8, 4) is 5.75 Å². The zero-order valence-corrected chi connectivity index (χ0v) is 10.6. The van der Waals surface area contributed by atoms with Crippen LogP contribution in [0.4, 0.5) is 24.0 Å². The highest BCUT2D eigenvalue weighted by Crippen LogP contribution is 2.36. The summed E-state index contributed by atoms with van der Waals surface area (Å²) in [5.74, 6) is 0.321. The van der Waals surface area contributed by atoms with Crippen LogP contribution in [0.15, 0.2) is 0 Å². The van der Waals surface area contributed by atoms with Crippen molar-refractivity contribution in [1.82, 2.24) is 4.37 Å². The number of hydrogen-bond acceptors (Lipinski definition) is 6. The molecule has 104 valence electrons. The van der Waals surface area contributed by atoms with Crippen LogP contribution in [0.25, 0.3) is 0 Å². The summed E-state index contributed by atoms with van der Waals surface area (Å²) < 4.78 is 45.4. The minimum Gasteiger partial charge on any atom is -0.484 e. The van der Waals surface area contributed by atoms with Crippen molar-refractivity contribution in [2.75, 3.05) is 17.6 Å².